The number of carbonyl (C=O) groups is 1. The Labute approximate surface area is 140 Å². The molecule has 6 heteroatoms. The highest BCUT2D eigenvalue weighted by atomic mass is 79.9. The number of ether oxygens (including phenoxy) is 1. The van der Waals surface area contributed by atoms with Crippen molar-refractivity contribution >= 4 is 27.7 Å². The summed E-state index contributed by atoms with van der Waals surface area (Å²) in [7, 11) is 0. The summed E-state index contributed by atoms with van der Waals surface area (Å²) in [4.78, 5) is 18.5. The van der Waals surface area contributed by atoms with Crippen LogP contribution in [-0.2, 0) is 4.74 Å². The quantitative estimate of drug-likeness (QED) is 0.819. The predicted molar refractivity (Wildman–Crippen MR) is 91.1 cm³/mol. The summed E-state index contributed by atoms with van der Waals surface area (Å²) in [6.07, 6.45) is 1.79. The van der Waals surface area contributed by atoms with Crippen molar-refractivity contribution in [2.45, 2.75) is 52.2 Å². The molecule has 1 N–H and O–H groups in total. The first-order chi connectivity index (χ1) is 10.3. The smallest absolute Gasteiger partial charge is 0.410 e. The Kier molecular flexibility index (Phi) is 5.32. The number of halogens is 1. The zero-order valence-corrected chi connectivity index (χ0v) is 15.2. The molecule has 1 aromatic rings. The molecular formula is C16H24BrN3O2. The third-order valence-electron chi connectivity index (χ3n) is 3.59. The number of aryl methyl sites for hydroxylation is 1. The first kappa shape index (κ1) is 17.1. The molecule has 1 aliphatic heterocycles. The lowest BCUT2D eigenvalue weighted by atomic mass is 10.2. The minimum Gasteiger partial charge on any atom is -0.444 e. The molecule has 2 heterocycles. The van der Waals surface area contributed by atoms with Gasteiger partial charge in [-0.05, 0) is 68.6 Å². The molecule has 0 aromatic carbocycles. The Morgan fingerprint density at radius 2 is 2.23 bits per heavy atom. The standard InChI is InChI=1S/C16H24BrN3O2/c1-11-13(7-8-14(17)19-11)18-10-12-6-5-9-20(12)15(21)22-16(2,3)4/h7-8,12,18H,5-6,9-10H2,1-4H3. The Bertz CT molecular complexity index is 543. The molecule has 0 saturated carbocycles. The minimum atomic E-state index is -0.454. The van der Waals surface area contributed by atoms with Gasteiger partial charge in [0, 0.05) is 13.1 Å². The van der Waals surface area contributed by atoms with Gasteiger partial charge in [0.15, 0.2) is 0 Å². The van der Waals surface area contributed by atoms with Gasteiger partial charge in [-0.1, -0.05) is 0 Å². The van der Waals surface area contributed by atoms with E-state index >= 15 is 0 Å². The van der Waals surface area contributed by atoms with Crippen molar-refractivity contribution in [3.63, 3.8) is 0 Å². The molecule has 1 amide bonds. The number of aromatic nitrogens is 1. The highest BCUT2D eigenvalue weighted by molar-refractivity contribution is 9.10. The Morgan fingerprint density at radius 1 is 1.50 bits per heavy atom. The number of likely N-dealkylation sites (tertiary alicyclic amines) is 1. The Hall–Kier alpha value is -1.30. The first-order valence-corrected chi connectivity index (χ1v) is 8.42. The number of nitrogens with one attached hydrogen (secondary N) is 1. The van der Waals surface area contributed by atoms with Crippen LogP contribution in [0.1, 0.15) is 39.3 Å². The number of carbonyl (C=O) groups excluding carboxylic acids is 1. The van der Waals surface area contributed by atoms with Crippen LogP contribution in [0.3, 0.4) is 0 Å². The van der Waals surface area contributed by atoms with Crippen molar-refractivity contribution in [3.05, 3.63) is 22.4 Å². The number of hydrogen-bond donors (Lipinski definition) is 1. The highest BCUT2D eigenvalue weighted by Crippen LogP contribution is 2.22. The van der Waals surface area contributed by atoms with E-state index in [1.807, 2.05) is 44.7 Å². The van der Waals surface area contributed by atoms with Crippen LogP contribution in [0.25, 0.3) is 0 Å². The van der Waals surface area contributed by atoms with Gasteiger partial charge in [-0.2, -0.15) is 0 Å². The lowest BCUT2D eigenvalue weighted by Crippen LogP contribution is -2.42. The summed E-state index contributed by atoms with van der Waals surface area (Å²) in [6.45, 7) is 9.12. The third kappa shape index (κ3) is 4.60. The predicted octanol–water partition coefficient (Wildman–Crippen LogP) is 3.96. The number of pyridine rings is 1. The number of nitrogens with zero attached hydrogens (tertiary/aromatic N) is 2. The molecule has 22 heavy (non-hydrogen) atoms. The molecule has 1 unspecified atom stereocenters. The van der Waals surface area contributed by atoms with E-state index in [0.29, 0.717) is 6.54 Å². The molecule has 1 aliphatic rings. The van der Waals surface area contributed by atoms with Gasteiger partial charge in [0.2, 0.25) is 0 Å². The average Bonchev–Trinajstić information content (AvgIpc) is 2.84. The van der Waals surface area contributed by atoms with Crippen LogP contribution in [0, 0.1) is 6.92 Å². The van der Waals surface area contributed by atoms with Gasteiger partial charge in [-0.3, -0.25) is 0 Å². The van der Waals surface area contributed by atoms with E-state index in [-0.39, 0.29) is 12.1 Å². The molecule has 5 nitrogen and oxygen atoms in total. The molecule has 1 atom stereocenters. The summed E-state index contributed by atoms with van der Waals surface area (Å²) in [5.74, 6) is 0. The minimum absolute atomic E-state index is 0.165. The molecule has 122 valence electrons. The molecule has 1 saturated heterocycles. The van der Waals surface area contributed by atoms with Crippen molar-refractivity contribution in [2.75, 3.05) is 18.4 Å². The van der Waals surface area contributed by atoms with Gasteiger partial charge in [0.05, 0.1) is 17.4 Å². The van der Waals surface area contributed by atoms with Crippen LogP contribution < -0.4 is 5.32 Å². The SMILES string of the molecule is Cc1nc(Br)ccc1NCC1CCCN1C(=O)OC(C)(C)C. The van der Waals surface area contributed by atoms with Gasteiger partial charge in [0.25, 0.3) is 0 Å². The van der Waals surface area contributed by atoms with Crippen LogP contribution in [0.5, 0.6) is 0 Å². The number of amides is 1. The molecule has 1 fully saturated rings. The van der Waals surface area contributed by atoms with E-state index in [9.17, 15) is 4.79 Å². The van der Waals surface area contributed by atoms with Crippen LogP contribution in [0.15, 0.2) is 16.7 Å². The van der Waals surface area contributed by atoms with E-state index in [1.165, 1.54) is 0 Å². The van der Waals surface area contributed by atoms with Crippen molar-refractivity contribution < 1.29 is 9.53 Å². The van der Waals surface area contributed by atoms with E-state index in [1.54, 1.807) is 0 Å². The zero-order valence-electron chi connectivity index (χ0n) is 13.6. The van der Waals surface area contributed by atoms with E-state index < -0.39 is 5.60 Å². The van der Waals surface area contributed by atoms with Crippen LogP contribution in [-0.4, -0.2) is 40.7 Å². The topological polar surface area (TPSA) is 54.5 Å². The molecule has 0 bridgehead atoms. The van der Waals surface area contributed by atoms with Crippen LogP contribution in [0.2, 0.25) is 0 Å². The second-order valence-electron chi connectivity index (χ2n) is 6.62. The third-order valence-corrected chi connectivity index (χ3v) is 4.03. The van der Waals surface area contributed by atoms with Crippen molar-refractivity contribution in [1.29, 1.82) is 0 Å². The average molecular weight is 370 g/mol. The molecule has 0 spiro atoms. The van der Waals surface area contributed by atoms with E-state index in [2.05, 4.69) is 26.2 Å². The second kappa shape index (κ2) is 6.86. The second-order valence-corrected chi connectivity index (χ2v) is 7.43. The number of anilines is 1. The fraction of sp³-hybridized carbons (Fsp3) is 0.625. The first-order valence-electron chi connectivity index (χ1n) is 7.63. The maximum Gasteiger partial charge on any atom is 0.410 e. The Balaban J connectivity index is 1.95. The zero-order chi connectivity index (χ0) is 16.3. The van der Waals surface area contributed by atoms with Gasteiger partial charge in [0.1, 0.15) is 10.2 Å². The summed E-state index contributed by atoms with van der Waals surface area (Å²) in [5.41, 5.74) is 1.49. The van der Waals surface area contributed by atoms with Gasteiger partial charge in [-0.25, -0.2) is 9.78 Å². The van der Waals surface area contributed by atoms with Gasteiger partial charge < -0.3 is 15.0 Å². The van der Waals surface area contributed by atoms with Crippen molar-refractivity contribution in [1.82, 2.24) is 9.88 Å². The van der Waals surface area contributed by atoms with Crippen LogP contribution in [0.4, 0.5) is 10.5 Å². The number of rotatable bonds is 3. The van der Waals surface area contributed by atoms with Crippen LogP contribution >= 0.6 is 15.9 Å². The van der Waals surface area contributed by atoms with Crippen molar-refractivity contribution in [3.8, 4) is 0 Å². The fourth-order valence-electron chi connectivity index (χ4n) is 2.55. The molecular weight excluding hydrogens is 346 g/mol. The lowest BCUT2D eigenvalue weighted by molar-refractivity contribution is 0.0235. The lowest BCUT2D eigenvalue weighted by Gasteiger charge is -2.29. The van der Waals surface area contributed by atoms with E-state index in [0.717, 1.165) is 35.4 Å². The maximum absolute atomic E-state index is 12.3. The Morgan fingerprint density at radius 3 is 2.86 bits per heavy atom. The molecule has 0 radical (unpaired) electrons. The van der Waals surface area contributed by atoms with Gasteiger partial charge in [-0.15, -0.1) is 0 Å². The summed E-state index contributed by atoms with van der Waals surface area (Å²) in [6, 6.07) is 4.08. The largest absolute Gasteiger partial charge is 0.444 e. The fourth-order valence-corrected chi connectivity index (χ4v) is 2.95. The maximum atomic E-state index is 12.3. The van der Waals surface area contributed by atoms with Gasteiger partial charge >= 0.3 is 6.09 Å². The number of hydrogen-bond acceptors (Lipinski definition) is 4. The molecule has 2 rings (SSSR count). The summed E-state index contributed by atoms with van der Waals surface area (Å²) in [5, 5.41) is 3.40. The summed E-state index contributed by atoms with van der Waals surface area (Å²) < 4.78 is 6.31. The monoisotopic (exact) mass is 369 g/mol. The van der Waals surface area contributed by atoms with E-state index in [4.69, 9.17) is 4.74 Å². The summed E-state index contributed by atoms with van der Waals surface area (Å²) >= 11 is 3.36. The normalized spacial score (nSPS) is 18.4. The highest BCUT2D eigenvalue weighted by Gasteiger charge is 2.31. The molecule has 0 aliphatic carbocycles. The van der Waals surface area contributed by atoms with Crippen molar-refractivity contribution in [2.24, 2.45) is 0 Å². The molecule has 1 aromatic heterocycles.